The van der Waals surface area contributed by atoms with Crippen LogP contribution in [0.15, 0.2) is 48.9 Å². The number of fused-ring (bicyclic) bond motifs is 1. The predicted octanol–water partition coefficient (Wildman–Crippen LogP) is 2.59. The number of carbonyl (C=O) groups excluding carboxylic acids is 1. The molecule has 1 amide bonds. The summed E-state index contributed by atoms with van der Waals surface area (Å²) in [6, 6.07) is 9.28. The van der Waals surface area contributed by atoms with Crippen molar-refractivity contribution in [2.45, 2.75) is 6.92 Å². The highest BCUT2D eigenvalue weighted by atomic mass is 16.1. The van der Waals surface area contributed by atoms with Gasteiger partial charge in [0.15, 0.2) is 5.82 Å². The molecule has 5 heteroatoms. The zero-order valence-electron chi connectivity index (χ0n) is 10.9. The van der Waals surface area contributed by atoms with Crippen molar-refractivity contribution in [3.05, 3.63) is 60.0 Å². The van der Waals surface area contributed by atoms with Crippen LogP contribution in [0.2, 0.25) is 0 Å². The van der Waals surface area contributed by atoms with Gasteiger partial charge in [0.2, 0.25) is 0 Å². The van der Waals surface area contributed by atoms with Gasteiger partial charge in [-0.1, -0.05) is 12.1 Å². The van der Waals surface area contributed by atoms with Gasteiger partial charge < -0.3 is 5.32 Å². The van der Waals surface area contributed by atoms with Crippen molar-refractivity contribution in [2.75, 3.05) is 5.32 Å². The van der Waals surface area contributed by atoms with Gasteiger partial charge in [0, 0.05) is 12.4 Å². The van der Waals surface area contributed by atoms with Gasteiger partial charge in [-0.3, -0.25) is 14.8 Å². The molecule has 0 aliphatic heterocycles. The summed E-state index contributed by atoms with van der Waals surface area (Å²) in [6.45, 7) is 1.89. The number of carbonyl (C=O) groups is 1. The van der Waals surface area contributed by atoms with Gasteiger partial charge in [-0.15, -0.1) is 0 Å². The van der Waals surface area contributed by atoms with Crippen molar-refractivity contribution < 1.29 is 4.79 Å². The lowest BCUT2D eigenvalue weighted by atomic mass is 10.2. The van der Waals surface area contributed by atoms with E-state index in [1.54, 1.807) is 18.5 Å². The monoisotopic (exact) mass is 264 g/mol. The second kappa shape index (κ2) is 5.05. The summed E-state index contributed by atoms with van der Waals surface area (Å²) in [5, 5.41) is 2.73. The number of hydrogen-bond acceptors (Lipinski definition) is 4. The molecule has 1 N–H and O–H groups in total. The summed E-state index contributed by atoms with van der Waals surface area (Å²) in [4.78, 5) is 24.7. The molecule has 0 spiro atoms. The fourth-order valence-electron chi connectivity index (χ4n) is 1.89. The fraction of sp³-hybridized carbons (Fsp3) is 0.0667. The molecule has 1 aromatic carbocycles. The Balaban J connectivity index is 1.87. The van der Waals surface area contributed by atoms with Crippen LogP contribution >= 0.6 is 0 Å². The molecule has 98 valence electrons. The van der Waals surface area contributed by atoms with Crippen molar-refractivity contribution in [3.8, 4) is 0 Å². The van der Waals surface area contributed by atoms with Crippen LogP contribution < -0.4 is 5.32 Å². The maximum atomic E-state index is 12.1. The number of nitrogens with zero attached hydrogens (tertiary/aromatic N) is 3. The molecule has 5 nitrogen and oxygen atoms in total. The van der Waals surface area contributed by atoms with E-state index in [1.165, 1.54) is 6.20 Å². The number of pyridine rings is 1. The van der Waals surface area contributed by atoms with Crippen LogP contribution in [0, 0.1) is 6.92 Å². The van der Waals surface area contributed by atoms with Crippen LogP contribution in [0.4, 0.5) is 5.82 Å². The number of para-hydroxylation sites is 2. The Morgan fingerprint density at radius 3 is 2.70 bits per heavy atom. The highest BCUT2D eigenvalue weighted by molar-refractivity contribution is 6.03. The second-order valence-electron chi connectivity index (χ2n) is 4.45. The molecule has 2 heterocycles. The molecular formula is C15H12N4O. The van der Waals surface area contributed by atoms with Crippen LogP contribution in [-0.2, 0) is 0 Å². The zero-order valence-corrected chi connectivity index (χ0v) is 10.9. The minimum Gasteiger partial charge on any atom is -0.305 e. The highest BCUT2D eigenvalue weighted by Gasteiger charge is 2.08. The largest absolute Gasteiger partial charge is 0.305 e. The number of benzene rings is 1. The van der Waals surface area contributed by atoms with Gasteiger partial charge in [0.1, 0.15) is 0 Å². The molecule has 3 rings (SSSR count). The Kier molecular flexibility index (Phi) is 3.09. The van der Waals surface area contributed by atoms with Crippen LogP contribution in [0.3, 0.4) is 0 Å². The first kappa shape index (κ1) is 12.2. The molecule has 0 aliphatic rings. The molecule has 0 fully saturated rings. The third kappa shape index (κ3) is 2.47. The van der Waals surface area contributed by atoms with E-state index < -0.39 is 0 Å². The fourth-order valence-corrected chi connectivity index (χ4v) is 1.89. The molecule has 3 aromatic rings. The average Bonchev–Trinajstić information content (AvgIpc) is 2.47. The van der Waals surface area contributed by atoms with E-state index in [0.29, 0.717) is 11.4 Å². The van der Waals surface area contributed by atoms with E-state index in [9.17, 15) is 4.79 Å². The van der Waals surface area contributed by atoms with Gasteiger partial charge in [-0.2, -0.15) is 0 Å². The smallest absolute Gasteiger partial charge is 0.258 e. The summed E-state index contributed by atoms with van der Waals surface area (Å²) in [7, 11) is 0. The van der Waals surface area contributed by atoms with Crippen molar-refractivity contribution in [1.82, 2.24) is 15.0 Å². The lowest BCUT2D eigenvalue weighted by Crippen LogP contribution is -2.13. The Bertz CT molecular complexity index is 785. The van der Waals surface area contributed by atoms with E-state index in [2.05, 4.69) is 20.3 Å². The number of rotatable bonds is 2. The Morgan fingerprint density at radius 1 is 1.10 bits per heavy atom. The van der Waals surface area contributed by atoms with Crippen molar-refractivity contribution in [2.24, 2.45) is 0 Å². The van der Waals surface area contributed by atoms with Crippen LogP contribution in [0.25, 0.3) is 11.0 Å². The summed E-state index contributed by atoms with van der Waals surface area (Å²) < 4.78 is 0. The predicted molar refractivity (Wildman–Crippen MR) is 76.5 cm³/mol. The quantitative estimate of drug-likeness (QED) is 0.772. The lowest BCUT2D eigenvalue weighted by Gasteiger charge is -2.05. The normalized spacial score (nSPS) is 10.4. The molecular weight excluding hydrogens is 252 g/mol. The van der Waals surface area contributed by atoms with E-state index in [0.717, 1.165) is 16.6 Å². The van der Waals surface area contributed by atoms with E-state index in [4.69, 9.17) is 0 Å². The van der Waals surface area contributed by atoms with Crippen LogP contribution in [-0.4, -0.2) is 20.9 Å². The first-order valence-electron chi connectivity index (χ1n) is 6.17. The third-order valence-corrected chi connectivity index (χ3v) is 2.83. The van der Waals surface area contributed by atoms with Gasteiger partial charge in [0.05, 0.1) is 22.8 Å². The van der Waals surface area contributed by atoms with E-state index >= 15 is 0 Å². The number of amides is 1. The Labute approximate surface area is 115 Å². The van der Waals surface area contributed by atoms with E-state index in [1.807, 2.05) is 31.2 Å². The molecule has 0 radical (unpaired) electrons. The first-order chi connectivity index (χ1) is 9.72. The molecule has 0 atom stereocenters. The number of anilines is 1. The van der Waals surface area contributed by atoms with Gasteiger partial charge in [-0.05, 0) is 30.7 Å². The second-order valence-corrected chi connectivity index (χ2v) is 4.45. The maximum absolute atomic E-state index is 12.1. The van der Waals surface area contributed by atoms with Gasteiger partial charge >= 0.3 is 0 Å². The lowest BCUT2D eigenvalue weighted by molar-refractivity contribution is 0.102. The Morgan fingerprint density at radius 2 is 1.90 bits per heavy atom. The molecule has 2 aromatic heterocycles. The summed E-state index contributed by atoms with van der Waals surface area (Å²) in [6.07, 6.45) is 4.77. The highest BCUT2D eigenvalue weighted by Crippen LogP contribution is 2.12. The van der Waals surface area contributed by atoms with Crippen molar-refractivity contribution in [3.63, 3.8) is 0 Å². The number of aryl methyl sites for hydroxylation is 1. The Hall–Kier alpha value is -2.82. The van der Waals surface area contributed by atoms with Crippen molar-refractivity contribution in [1.29, 1.82) is 0 Å². The van der Waals surface area contributed by atoms with Crippen LogP contribution in [0.5, 0.6) is 0 Å². The minimum atomic E-state index is -0.245. The number of nitrogens with one attached hydrogen (secondary N) is 1. The van der Waals surface area contributed by atoms with Crippen molar-refractivity contribution >= 4 is 22.8 Å². The third-order valence-electron chi connectivity index (χ3n) is 2.83. The molecule has 0 saturated heterocycles. The number of aromatic nitrogens is 3. The first-order valence-corrected chi connectivity index (χ1v) is 6.17. The summed E-state index contributed by atoms with van der Waals surface area (Å²) in [5.41, 5.74) is 2.97. The topological polar surface area (TPSA) is 67.8 Å². The van der Waals surface area contributed by atoms with Crippen LogP contribution in [0.1, 0.15) is 15.9 Å². The molecule has 0 aliphatic carbocycles. The summed E-state index contributed by atoms with van der Waals surface area (Å²) in [5.74, 6) is 0.181. The average molecular weight is 264 g/mol. The molecule has 0 bridgehead atoms. The minimum absolute atomic E-state index is 0.245. The molecule has 0 saturated carbocycles. The van der Waals surface area contributed by atoms with Gasteiger partial charge in [0.25, 0.3) is 5.91 Å². The van der Waals surface area contributed by atoms with Gasteiger partial charge in [-0.25, -0.2) is 4.98 Å². The number of hydrogen-bond donors (Lipinski definition) is 1. The molecule has 0 unspecified atom stereocenters. The zero-order chi connectivity index (χ0) is 13.9. The maximum Gasteiger partial charge on any atom is 0.258 e. The SMILES string of the molecule is Cc1cncc(C(=O)Nc2cnc3ccccc3n2)c1. The van der Waals surface area contributed by atoms with E-state index in [-0.39, 0.29) is 5.91 Å². The standard InChI is InChI=1S/C15H12N4O/c1-10-6-11(8-16-7-10)15(20)19-14-9-17-12-4-2-3-5-13(12)18-14/h2-9H,1H3,(H,18,19,20). The summed E-state index contributed by atoms with van der Waals surface area (Å²) >= 11 is 0. The molecule has 20 heavy (non-hydrogen) atoms.